The number of rotatable bonds is 6. The molecule has 0 saturated carbocycles. The second-order valence-electron chi connectivity index (χ2n) is 6.34. The molecule has 0 saturated heterocycles. The lowest BCUT2D eigenvalue weighted by Crippen LogP contribution is -2.20. The van der Waals surface area contributed by atoms with Crippen LogP contribution in [-0.4, -0.2) is 22.4 Å². The Hall–Kier alpha value is -2.49. The standard InChI is InChI=1S/C15H17BrFN5O3/c1-15(2,3)7-13(23)19-14-12(21-25-22-14)8-18-24-20-9-4-5-11(17)10(16)6-9/h4-6,8,20H,7H2,1-3H3,(H,19,22,23)/b18-8+. The van der Waals surface area contributed by atoms with Crippen LogP contribution in [-0.2, 0) is 9.73 Å². The first kappa shape index (κ1) is 18.8. The second-order valence-corrected chi connectivity index (χ2v) is 7.19. The number of carbonyl (C=O) groups is 1. The molecule has 10 heteroatoms. The molecule has 1 aromatic carbocycles. The highest BCUT2D eigenvalue weighted by molar-refractivity contribution is 9.10. The highest BCUT2D eigenvalue weighted by Crippen LogP contribution is 2.20. The minimum atomic E-state index is -0.390. The first-order valence-corrected chi connectivity index (χ1v) is 8.07. The van der Waals surface area contributed by atoms with E-state index in [1.165, 1.54) is 24.4 Å². The molecule has 1 heterocycles. The first-order valence-electron chi connectivity index (χ1n) is 7.27. The minimum Gasteiger partial charge on any atom is -0.306 e. The molecule has 0 aliphatic carbocycles. The SMILES string of the molecule is CC(C)(C)CC(=O)Nc1nonc1/C=N/ONc1ccc(F)c(Br)c1. The van der Waals surface area contributed by atoms with E-state index in [0.29, 0.717) is 12.1 Å². The van der Waals surface area contributed by atoms with Crippen LogP contribution in [0.4, 0.5) is 15.9 Å². The summed E-state index contributed by atoms with van der Waals surface area (Å²) in [5.74, 6) is -0.461. The zero-order valence-corrected chi connectivity index (χ0v) is 15.4. The number of oxime groups is 1. The van der Waals surface area contributed by atoms with Crippen LogP contribution in [0.25, 0.3) is 0 Å². The molecule has 0 fully saturated rings. The molecule has 134 valence electrons. The number of anilines is 2. The number of aromatic nitrogens is 2. The van der Waals surface area contributed by atoms with Crippen LogP contribution in [0.2, 0.25) is 0 Å². The van der Waals surface area contributed by atoms with Gasteiger partial charge in [0.25, 0.3) is 0 Å². The van der Waals surface area contributed by atoms with Gasteiger partial charge in [-0.15, -0.1) is 0 Å². The van der Waals surface area contributed by atoms with Gasteiger partial charge in [-0.3, -0.25) is 9.73 Å². The fraction of sp³-hybridized carbons (Fsp3) is 0.333. The molecule has 0 atom stereocenters. The van der Waals surface area contributed by atoms with Crippen LogP contribution >= 0.6 is 15.9 Å². The number of nitrogens with one attached hydrogen (secondary N) is 2. The number of hydrogen-bond donors (Lipinski definition) is 2. The Morgan fingerprint density at radius 1 is 1.44 bits per heavy atom. The van der Waals surface area contributed by atoms with Gasteiger partial charge >= 0.3 is 0 Å². The van der Waals surface area contributed by atoms with Crippen molar-refractivity contribution < 1.29 is 18.8 Å². The van der Waals surface area contributed by atoms with Gasteiger partial charge in [0.05, 0.1) is 10.2 Å². The smallest absolute Gasteiger partial charge is 0.226 e. The van der Waals surface area contributed by atoms with Crippen molar-refractivity contribution in [3.05, 3.63) is 34.2 Å². The topological polar surface area (TPSA) is 102 Å². The number of amides is 1. The molecule has 1 amide bonds. The van der Waals surface area contributed by atoms with Gasteiger partial charge in [-0.2, -0.15) is 5.48 Å². The Morgan fingerprint density at radius 2 is 2.20 bits per heavy atom. The van der Waals surface area contributed by atoms with Gasteiger partial charge in [0.2, 0.25) is 11.7 Å². The summed E-state index contributed by atoms with van der Waals surface area (Å²) in [6.07, 6.45) is 1.53. The number of benzene rings is 1. The zero-order chi connectivity index (χ0) is 18.4. The second kappa shape index (κ2) is 8.06. The summed E-state index contributed by atoms with van der Waals surface area (Å²) in [5.41, 5.74) is 3.03. The van der Waals surface area contributed by atoms with Crippen molar-refractivity contribution in [1.82, 2.24) is 10.3 Å². The molecule has 0 spiro atoms. The molecule has 0 unspecified atom stereocenters. The molecular weight excluding hydrogens is 397 g/mol. The summed E-state index contributed by atoms with van der Waals surface area (Å²) in [5, 5.41) is 13.5. The Bertz CT molecular complexity index is 773. The molecule has 0 aliphatic rings. The molecular formula is C15H17BrFN5O3. The Labute approximate surface area is 151 Å². The van der Waals surface area contributed by atoms with Gasteiger partial charge in [0.15, 0.2) is 5.69 Å². The summed E-state index contributed by atoms with van der Waals surface area (Å²) in [7, 11) is 0. The van der Waals surface area contributed by atoms with E-state index in [1.54, 1.807) is 0 Å². The predicted molar refractivity (Wildman–Crippen MR) is 93.4 cm³/mol. The third-order valence-electron chi connectivity index (χ3n) is 2.77. The highest BCUT2D eigenvalue weighted by Gasteiger charge is 2.18. The van der Waals surface area contributed by atoms with Gasteiger partial charge in [-0.25, -0.2) is 9.02 Å². The lowest BCUT2D eigenvalue weighted by Gasteiger charge is -2.16. The first-order chi connectivity index (χ1) is 11.7. The predicted octanol–water partition coefficient (Wildman–Crippen LogP) is 3.72. The van der Waals surface area contributed by atoms with E-state index in [4.69, 9.17) is 4.94 Å². The van der Waals surface area contributed by atoms with Crippen molar-refractivity contribution >= 4 is 39.6 Å². The Balaban J connectivity index is 1.90. The van der Waals surface area contributed by atoms with Gasteiger partial charge in [0, 0.05) is 6.42 Å². The molecule has 8 nitrogen and oxygen atoms in total. The Kier molecular flexibility index (Phi) is 6.07. The van der Waals surface area contributed by atoms with E-state index in [0.717, 1.165) is 0 Å². The van der Waals surface area contributed by atoms with Gasteiger partial charge in [-0.05, 0) is 49.9 Å². The number of nitrogens with zero attached hydrogens (tertiary/aromatic N) is 3. The van der Waals surface area contributed by atoms with Crippen molar-refractivity contribution in [2.24, 2.45) is 10.6 Å². The van der Waals surface area contributed by atoms with E-state index in [-0.39, 0.29) is 27.3 Å². The van der Waals surface area contributed by atoms with Crippen LogP contribution in [0.15, 0.2) is 32.5 Å². The summed E-state index contributed by atoms with van der Waals surface area (Å²) >= 11 is 3.06. The van der Waals surface area contributed by atoms with E-state index in [2.05, 4.69) is 46.8 Å². The largest absolute Gasteiger partial charge is 0.306 e. The molecule has 1 aromatic heterocycles. The van der Waals surface area contributed by atoms with Crippen molar-refractivity contribution in [2.75, 3.05) is 10.8 Å². The quantitative estimate of drug-likeness (QED) is 0.552. The third-order valence-corrected chi connectivity index (χ3v) is 3.38. The fourth-order valence-electron chi connectivity index (χ4n) is 1.74. The summed E-state index contributed by atoms with van der Waals surface area (Å²) in [6.45, 7) is 5.84. The van der Waals surface area contributed by atoms with Gasteiger partial charge in [0.1, 0.15) is 12.0 Å². The lowest BCUT2D eigenvalue weighted by molar-refractivity contribution is -0.117. The summed E-state index contributed by atoms with van der Waals surface area (Å²) in [4.78, 5) is 16.8. The average molecular weight is 414 g/mol. The van der Waals surface area contributed by atoms with Crippen molar-refractivity contribution in [3.63, 3.8) is 0 Å². The molecule has 2 aromatic rings. The minimum absolute atomic E-state index is 0.145. The van der Waals surface area contributed by atoms with Crippen LogP contribution < -0.4 is 10.8 Å². The van der Waals surface area contributed by atoms with Gasteiger partial charge in [-0.1, -0.05) is 25.9 Å². The lowest BCUT2D eigenvalue weighted by atomic mass is 9.92. The van der Waals surface area contributed by atoms with Crippen LogP contribution in [0.3, 0.4) is 0 Å². The third kappa shape index (κ3) is 6.14. The van der Waals surface area contributed by atoms with Crippen LogP contribution in [0.5, 0.6) is 0 Å². The summed E-state index contributed by atoms with van der Waals surface area (Å²) < 4.78 is 18.0. The molecule has 2 rings (SSSR count). The maximum absolute atomic E-state index is 13.1. The Morgan fingerprint density at radius 3 is 2.88 bits per heavy atom. The van der Waals surface area contributed by atoms with Crippen LogP contribution in [0, 0.1) is 11.2 Å². The fourth-order valence-corrected chi connectivity index (χ4v) is 2.12. The molecule has 0 radical (unpaired) electrons. The zero-order valence-electron chi connectivity index (χ0n) is 13.8. The molecule has 0 aliphatic heterocycles. The van der Waals surface area contributed by atoms with E-state index in [9.17, 15) is 9.18 Å². The monoisotopic (exact) mass is 413 g/mol. The molecule has 2 N–H and O–H groups in total. The maximum Gasteiger partial charge on any atom is 0.226 e. The van der Waals surface area contributed by atoms with Crippen molar-refractivity contribution in [1.29, 1.82) is 0 Å². The average Bonchev–Trinajstić information content (AvgIpc) is 2.92. The van der Waals surface area contributed by atoms with Gasteiger partial charge < -0.3 is 5.32 Å². The summed E-state index contributed by atoms with van der Waals surface area (Å²) in [6, 6.07) is 4.23. The number of carbonyl (C=O) groups excluding carboxylic acids is 1. The highest BCUT2D eigenvalue weighted by atomic mass is 79.9. The van der Waals surface area contributed by atoms with Crippen LogP contribution in [0.1, 0.15) is 32.9 Å². The van der Waals surface area contributed by atoms with Crippen molar-refractivity contribution in [2.45, 2.75) is 27.2 Å². The normalized spacial score (nSPS) is 11.6. The number of halogens is 2. The van der Waals surface area contributed by atoms with E-state index in [1.807, 2.05) is 20.8 Å². The van der Waals surface area contributed by atoms with E-state index >= 15 is 0 Å². The van der Waals surface area contributed by atoms with Crippen molar-refractivity contribution in [3.8, 4) is 0 Å². The maximum atomic E-state index is 13.1. The molecule has 0 bridgehead atoms. The number of hydrogen-bond acceptors (Lipinski definition) is 7. The molecule has 25 heavy (non-hydrogen) atoms. The van der Waals surface area contributed by atoms with E-state index < -0.39 is 5.82 Å².